The molecule has 1 N–H and O–H groups in total. The van der Waals surface area contributed by atoms with Crippen LogP contribution in [0.1, 0.15) is 49.7 Å². The first-order chi connectivity index (χ1) is 14.5. The monoisotopic (exact) mass is 409 g/mol. The van der Waals surface area contributed by atoms with E-state index in [1.54, 1.807) is 18.5 Å². The van der Waals surface area contributed by atoms with E-state index in [2.05, 4.69) is 34.2 Å². The van der Waals surface area contributed by atoms with Crippen LogP contribution in [0.25, 0.3) is 5.82 Å². The summed E-state index contributed by atoms with van der Waals surface area (Å²) in [5.74, 6) is 1.94. The molecule has 0 saturated heterocycles. The summed E-state index contributed by atoms with van der Waals surface area (Å²) in [6.45, 7) is 9.08. The first-order valence-corrected chi connectivity index (χ1v) is 10.0. The number of hydrogen-bond acceptors (Lipinski definition) is 6. The van der Waals surface area contributed by atoms with Gasteiger partial charge in [-0.2, -0.15) is 5.10 Å². The molecule has 0 fully saturated rings. The summed E-state index contributed by atoms with van der Waals surface area (Å²) in [6, 6.07) is 9.05. The minimum atomic E-state index is -0.196. The topological polar surface area (TPSA) is 91.2 Å². The molecule has 30 heavy (non-hydrogen) atoms. The smallest absolute Gasteiger partial charge is 0.253 e. The van der Waals surface area contributed by atoms with Gasteiger partial charge in [-0.25, -0.2) is 14.6 Å². The summed E-state index contributed by atoms with van der Waals surface area (Å²) >= 11 is 0. The molecule has 0 aliphatic heterocycles. The number of aromatic nitrogens is 4. The Labute approximate surface area is 176 Å². The minimum absolute atomic E-state index is 0.170. The number of pyridine rings is 1. The highest BCUT2D eigenvalue weighted by Gasteiger charge is 2.21. The first-order valence-electron chi connectivity index (χ1n) is 10.0. The van der Waals surface area contributed by atoms with Crippen LogP contribution < -0.4 is 14.8 Å². The number of ether oxygens (including phenoxy) is 2. The van der Waals surface area contributed by atoms with Gasteiger partial charge in [0, 0.05) is 6.20 Å². The number of nitrogens with zero attached hydrogens (tertiary/aromatic N) is 4. The molecule has 2 heterocycles. The lowest BCUT2D eigenvalue weighted by Gasteiger charge is -2.24. The molecular formula is C22H27N5O3. The van der Waals surface area contributed by atoms with Gasteiger partial charge in [0.15, 0.2) is 17.3 Å². The molecule has 2 aromatic heterocycles. The van der Waals surface area contributed by atoms with E-state index in [1.807, 2.05) is 32.0 Å². The first kappa shape index (κ1) is 21.3. The summed E-state index contributed by atoms with van der Waals surface area (Å²) in [6.07, 6.45) is 4.52. The van der Waals surface area contributed by atoms with Crippen molar-refractivity contribution in [2.24, 2.45) is 5.92 Å². The van der Waals surface area contributed by atoms with Crippen molar-refractivity contribution in [3.63, 3.8) is 0 Å². The van der Waals surface area contributed by atoms with Crippen LogP contribution in [-0.4, -0.2) is 38.9 Å². The SMILES string of the molecule is CCOc1ccc(C(NC(=O)c2ccc(-n3cncn3)nc2)C(C)C)cc1OCC. The molecule has 0 aliphatic rings. The van der Waals surface area contributed by atoms with Gasteiger partial charge in [0.2, 0.25) is 0 Å². The molecule has 0 saturated carbocycles. The van der Waals surface area contributed by atoms with Crippen molar-refractivity contribution in [3.8, 4) is 17.3 Å². The Kier molecular flexibility index (Phi) is 7.00. The fourth-order valence-electron chi connectivity index (χ4n) is 3.10. The van der Waals surface area contributed by atoms with E-state index < -0.39 is 0 Å². The van der Waals surface area contributed by atoms with Crippen LogP contribution in [0.3, 0.4) is 0 Å². The van der Waals surface area contributed by atoms with Gasteiger partial charge in [-0.1, -0.05) is 19.9 Å². The number of rotatable bonds is 9. The second-order valence-corrected chi connectivity index (χ2v) is 7.01. The van der Waals surface area contributed by atoms with Crippen LogP contribution in [0.2, 0.25) is 0 Å². The Hall–Kier alpha value is -3.42. The highest BCUT2D eigenvalue weighted by Crippen LogP contribution is 2.33. The lowest BCUT2D eigenvalue weighted by atomic mass is 9.95. The number of benzene rings is 1. The summed E-state index contributed by atoms with van der Waals surface area (Å²) < 4.78 is 12.9. The van der Waals surface area contributed by atoms with E-state index in [1.165, 1.54) is 17.2 Å². The predicted molar refractivity (Wildman–Crippen MR) is 113 cm³/mol. The number of hydrogen-bond donors (Lipinski definition) is 1. The zero-order valence-electron chi connectivity index (χ0n) is 17.7. The molecule has 3 aromatic rings. The van der Waals surface area contributed by atoms with Gasteiger partial charge in [-0.05, 0) is 49.6 Å². The molecular weight excluding hydrogens is 382 g/mol. The van der Waals surface area contributed by atoms with Gasteiger partial charge in [0.25, 0.3) is 5.91 Å². The Balaban J connectivity index is 1.80. The van der Waals surface area contributed by atoms with E-state index in [9.17, 15) is 4.79 Å². The molecule has 0 aliphatic carbocycles. The molecule has 1 unspecified atom stereocenters. The summed E-state index contributed by atoms with van der Waals surface area (Å²) in [5, 5.41) is 7.15. The third-order valence-corrected chi connectivity index (χ3v) is 4.54. The van der Waals surface area contributed by atoms with Crippen molar-refractivity contribution >= 4 is 5.91 Å². The number of carbonyl (C=O) groups excluding carboxylic acids is 1. The van der Waals surface area contributed by atoms with E-state index in [0.717, 1.165) is 5.56 Å². The summed E-state index contributed by atoms with van der Waals surface area (Å²) in [4.78, 5) is 21.1. The van der Waals surface area contributed by atoms with Crippen LogP contribution in [0, 0.1) is 5.92 Å². The Morgan fingerprint density at radius 1 is 1.10 bits per heavy atom. The van der Waals surface area contributed by atoms with Crippen LogP contribution >= 0.6 is 0 Å². The van der Waals surface area contributed by atoms with Gasteiger partial charge in [0.1, 0.15) is 12.7 Å². The van der Waals surface area contributed by atoms with Gasteiger partial charge >= 0.3 is 0 Å². The largest absolute Gasteiger partial charge is 0.490 e. The zero-order valence-corrected chi connectivity index (χ0v) is 17.7. The molecule has 0 radical (unpaired) electrons. The van der Waals surface area contributed by atoms with Crippen LogP contribution in [0.15, 0.2) is 49.2 Å². The average Bonchev–Trinajstić information content (AvgIpc) is 3.28. The molecule has 8 nitrogen and oxygen atoms in total. The second-order valence-electron chi connectivity index (χ2n) is 7.01. The second kappa shape index (κ2) is 9.87. The average molecular weight is 409 g/mol. The summed E-state index contributed by atoms with van der Waals surface area (Å²) in [5.41, 5.74) is 1.43. The third-order valence-electron chi connectivity index (χ3n) is 4.54. The Morgan fingerprint density at radius 3 is 2.47 bits per heavy atom. The van der Waals surface area contributed by atoms with Crippen LogP contribution in [0.5, 0.6) is 11.5 Å². The maximum Gasteiger partial charge on any atom is 0.253 e. The lowest BCUT2D eigenvalue weighted by Crippen LogP contribution is -2.31. The highest BCUT2D eigenvalue weighted by molar-refractivity contribution is 5.94. The maximum absolute atomic E-state index is 12.9. The molecule has 0 bridgehead atoms. The lowest BCUT2D eigenvalue weighted by molar-refractivity contribution is 0.0925. The van der Waals surface area contributed by atoms with Crippen LogP contribution in [0.4, 0.5) is 0 Å². The number of carbonyl (C=O) groups is 1. The summed E-state index contributed by atoms with van der Waals surface area (Å²) in [7, 11) is 0. The molecule has 1 atom stereocenters. The fraction of sp³-hybridized carbons (Fsp3) is 0.364. The van der Waals surface area contributed by atoms with Crippen molar-refractivity contribution in [3.05, 3.63) is 60.3 Å². The van der Waals surface area contributed by atoms with Gasteiger partial charge in [0.05, 0.1) is 24.8 Å². The number of nitrogens with one attached hydrogen (secondary N) is 1. The van der Waals surface area contributed by atoms with Gasteiger partial charge in [-0.15, -0.1) is 0 Å². The molecule has 0 spiro atoms. The van der Waals surface area contributed by atoms with Crippen molar-refractivity contribution in [2.75, 3.05) is 13.2 Å². The highest BCUT2D eigenvalue weighted by atomic mass is 16.5. The standard InChI is InChI=1S/C22H27N5O3/c1-5-29-18-9-7-16(11-19(18)30-6-2)21(15(3)4)26-22(28)17-8-10-20(24-12-17)27-14-23-13-25-27/h7-15,21H,5-6H2,1-4H3,(H,26,28). The van der Waals surface area contributed by atoms with E-state index in [-0.39, 0.29) is 17.9 Å². The maximum atomic E-state index is 12.9. The van der Waals surface area contributed by atoms with Crippen molar-refractivity contribution < 1.29 is 14.3 Å². The quantitative estimate of drug-likeness (QED) is 0.581. The predicted octanol–water partition coefficient (Wildman–Crippen LogP) is 3.59. The molecule has 158 valence electrons. The fourth-order valence-corrected chi connectivity index (χ4v) is 3.10. The normalized spacial score (nSPS) is 11.9. The number of amides is 1. The molecule has 3 rings (SSSR count). The minimum Gasteiger partial charge on any atom is -0.490 e. The van der Waals surface area contributed by atoms with E-state index in [4.69, 9.17) is 9.47 Å². The molecule has 1 amide bonds. The van der Waals surface area contributed by atoms with E-state index in [0.29, 0.717) is 36.1 Å². The van der Waals surface area contributed by atoms with Crippen molar-refractivity contribution in [1.82, 2.24) is 25.1 Å². The Bertz CT molecular complexity index is 955. The van der Waals surface area contributed by atoms with E-state index >= 15 is 0 Å². The Morgan fingerprint density at radius 2 is 1.87 bits per heavy atom. The zero-order chi connectivity index (χ0) is 21.5. The van der Waals surface area contributed by atoms with Crippen molar-refractivity contribution in [1.29, 1.82) is 0 Å². The van der Waals surface area contributed by atoms with Gasteiger partial charge in [-0.3, -0.25) is 4.79 Å². The molecule has 1 aromatic carbocycles. The van der Waals surface area contributed by atoms with Gasteiger partial charge < -0.3 is 14.8 Å². The molecule has 8 heteroatoms. The van der Waals surface area contributed by atoms with Crippen LogP contribution in [-0.2, 0) is 0 Å². The third kappa shape index (κ3) is 4.94. The van der Waals surface area contributed by atoms with Crippen molar-refractivity contribution in [2.45, 2.75) is 33.7 Å².